The Balaban J connectivity index is 1.27. The van der Waals surface area contributed by atoms with Crippen LogP contribution in [0, 0.1) is 0 Å². The fraction of sp³-hybridized carbons (Fsp3) is 0.421. The summed E-state index contributed by atoms with van der Waals surface area (Å²) in [5.41, 5.74) is -0.0976. The van der Waals surface area contributed by atoms with E-state index in [1.165, 1.54) is 11.3 Å². The third kappa shape index (κ3) is 3.83. The fourth-order valence-corrected chi connectivity index (χ4v) is 5.25. The molecule has 5 rings (SSSR count). The zero-order valence-corrected chi connectivity index (χ0v) is 17.8. The van der Waals surface area contributed by atoms with E-state index in [9.17, 15) is 9.18 Å². The van der Waals surface area contributed by atoms with E-state index >= 15 is 0 Å². The second-order valence-corrected chi connectivity index (χ2v) is 9.06. The Morgan fingerprint density at radius 2 is 2.19 bits per heavy atom. The highest BCUT2D eigenvalue weighted by molar-refractivity contribution is 7.18. The molecule has 162 valence electrons. The number of fused-ring (bicyclic) bond motifs is 1. The highest BCUT2D eigenvalue weighted by atomic mass is 35.5. The van der Waals surface area contributed by atoms with Crippen molar-refractivity contribution in [1.29, 1.82) is 0 Å². The lowest BCUT2D eigenvalue weighted by atomic mass is 9.82. The smallest absolute Gasteiger partial charge is 0.327 e. The van der Waals surface area contributed by atoms with Gasteiger partial charge in [0.05, 0.1) is 16.1 Å². The van der Waals surface area contributed by atoms with Crippen molar-refractivity contribution in [3.05, 3.63) is 35.0 Å². The summed E-state index contributed by atoms with van der Waals surface area (Å²) >= 11 is 7.57. The lowest BCUT2D eigenvalue weighted by Gasteiger charge is -2.45. The second-order valence-electron chi connectivity index (χ2n) is 7.64. The predicted molar refractivity (Wildman–Crippen MR) is 111 cm³/mol. The van der Waals surface area contributed by atoms with Gasteiger partial charge in [0.1, 0.15) is 17.5 Å². The van der Waals surface area contributed by atoms with E-state index in [-0.39, 0.29) is 13.0 Å². The van der Waals surface area contributed by atoms with Crippen LogP contribution in [0.1, 0.15) is 31.0 Å². The molecule has 1 saturated heterocycles. The van der Waals surface area contributed by atoms with E-state index in [1.54, 1.807) is 24.4 Å². The summed E-state index contributed by atoms with van der Waals surface area (Å²) in [6, 6.07) is 5.24. The van der Waals surface area contributed by atoms with Crippen LogP contribution >= 0.6 is 22.9 Å². The Morgan fingerprint density at radius 1 is 1.39 bits per heavy atom. The van der Waals surface area contributed by atoms with Crippen LogP contribution in [0.3, 0.4) is 0 Å². The van der Waals surface area contributed by atoms with Crippen molar-refractivity contribution in [2.45, 2.75) is 37.6 Å². The van der Waals surface area contributed by atoms with Crippen LogP contribution in [0.2, 0.25) is 5.02 Å². The van der Waals surface area contributed by atoms with E-state index in [2.05, 4.69) is 25.3 Å². The molecule has 0 radical (unpaired) electrons. The first-order chi connectivity index (χ1) is 14.9. The lowest BCUT2D eigenvalue weighted by Crippen LogP contribution is -2.50. The van der Waals surface area contributed by atoms with Crippen LogP contribution in [0.4, 0.5) is 9.52 Å². The van der Waals surface area contributed by atoms with E-state index < -0.39 is 17.7 Å². The summed E-state index contributed by atoms with van der Waals surface area (Å²) in [5.74, 6) is -0.170. The van der Waals surface area contributed by atoms with Crippen molar-refractivity contribution in [3.8, 4) is 16.5 Å². The molecule has 3 aromatic rings. The topological polar surface area (TPSA) is 106 Å². The van der Waals surface area contributed by atoms with Gasteiger partial charge in [-0.1, -0.05) is 29.0 Å². The Kier molecular flexibility index (Phi) is 5.01. The Bertz CT molecular complexity index is 1130. The molecule has 1 spiro atoms. The number of alkyl halides is 1. The number of rotatable bonds is 4. The zero-order chi connectivity index (χ0) is 21.6. The molecule has 1 fully saturated rings. The Labute approximate surface area is 185 Å². The normalized spacial score (nSPS) is 19.8. The number of piperidine rings is 1. The van der Waals surface area contributed by atoms with Crippen molar-refractivity contribution in [1.82, 2.24) is 25.2 Å². The van der Waals surface area contributed by atoms with Gasteiger partial charge in [0.2, 0.25) is 5.82 Å². The van der Waals surface area contributed by atoms with Crippen LogP contribution in [-0.2, 0) is 11.3 Å². The molecule has 0 aliphatic carbocycles. The maximum absolute atomic E-state index is 14.9. The number of anilines is 1. The van der Waals surface area contributed by atoms with Gasteiger partial charge in [0.25, 0.3) is 0 Å². The van der Waals surface area contributed by atoms with Crippen molar-refractivity contribution in [2.75, 3.05) is 18.0 Å². The molecule has 2 aliphatic heterocycles. The number of carboxylic acid groups (broad SMARTS) is 1. The molecule has 1 N–H and O–H groups in total. The molecule has 1 unspecified atom stereocenters. The summed E-state index contributed by atoms with van der Waals surface area (Å²) in [7, 11) is 0. The molecule has 2 aromatic heterocycles. The van der Waals surface area contributed by atoms with E-state index in [4.69, 9.17) is 21.4 Å². The van der Waals surface area contributed by atoms with Crippen LogP contribution in [-0.4, -0.2) is 55.0 Å². The molecule has 0 bridgehead atoms. The van der Waals surface area contributed by atoms with Crippen molar-refractivity contribution >= 4 is 34.0 Å². The predicted octanol–water partition coefficient (Wildman–Crippen LogP) is 3.37. The Hall–Kier alpha value is -2.79. The summed E-state index contributed by atoms with van der Waals surface area (Å²) in [5, 5.41) is 21.8. The van der Waals surface area contributed by atoms with Crippen LogP contribution in [0.15, 0.2) is 24.4 Å². The zero-order valence-electron chi connectivity index (χ0n) is 16.2. The summed E-state index contributed by atoms with van der Waals surface area (Å²) in [4.78, 5) is 19.1. The first kappa shape index (κ1) is 20.1. The van der Waals surface area contributed by atoms with Gasteiger partial charge in [-0.25, -0.2) is 9.37 Å². The summed E-state index contributed by atoms with van der Waals surface area (Å²) in [6.45, 7) is 1.00. The standard InChI is InChI=1S/C19H18ClFN6O3S/c20-11-2-1-3-13-16(11)12(21)8-19(30-13)4-6-26(7-5-19)18-22-9-14(31-18)17-23-25-27(24-17)10-15(28)29/h1-3,9,12H,4-8,10H2,(H,28,29). The van der Waals surface area contributed by atoms with Crippen LogP contribution in [0.25, 0.3) is 10.7 Å². The average Bonchev–Trinajstić information content (AvgIpc) is 3.37. The number of aliphatic carboxylic acids is 1. The van der Waals surface area contributed by atoms with Crippen LogP contribution < -0.4 is 9.64 Å². The molecule has 9 nitrogen and oxygen atoms in total. The highest BCUT2D eigenvalue weighted by Crippen LogP contribution is 2.48. The van der Waals surface area contributed by atoms with Gasteiger partial charge in [-0.05, 0) is 17.3 Å². The van der Waals surface area contributed by atoms with E-state index in [0.29, 0.717) is 53.0 Å². The monoisotopic (exact) mass is 464 g/mol. The van der Waals surface area contributed by atoms with Crippen molar-refractivity contribution in [3.63, 3.8) is 0 Å². The second kappa shape index (κ2) is 7.72. The number of tetrazole rings is 1. The molecule has 1 atom stereocenters. The molecule has 31 heavy (non-hydrogen) atoms. The average molecular weight is 465 g/mol. The van der Waals surface area contributed by atoms with Crippen molar-refractivity contribution in [2.24, 2.45) is 0 Å². The van der Waals surface area contributed by atoms with Gasteiger partial charge < -0.3 is 14.7 Å². The highest BCUT2D eigenvalue weighted by Gasteiger charge is 2.44. The van der Waals surface area contributed by atoms with Crippen LogP contribution in [0.5, 0.6) is 5.75 Å². The minimum Gasteiger partial charge on any atom is -0.487 e. The lowest BCUT2D eigenvalue weighted by molar-refractivity contribution is -0.138. The van der Waals surface area contributed by atoms with Gasteiger partial charge >= 0.3 is 5.97 Å². The van der Waals surface area contributed by atoms with Gasteiger partial charge in [-0.15, -0.1) is 10.2 Å². The van der Waals surface area contributed by atoms with Gasteiger partial charge in [-0.3, -0.25) is 4.79 Å². The third-order valence-electron chi connectivity index (χ3n) is 5.59. The number of aromatic nitrogens is 5. The number of thiazole rings is 1. The third-order valence-corrected chi connectivity index (χ3v) is 6.98. The van der Waals surface area contributed by atoms with Gasteiger partial charge in [0.15, 0.2) is 11.7 Å². The molecule has 2 aliphatic rings. The van der Waals surface area contributed by atoms with Gasteiger partial charge in [0, 0.05) is 37.9 Å². The first-order valence-electron chi connectivity index (χ1n) is 9.75. The molecular weight excluding hydrogens is 447 g/mol. The number of ether oxygens (including phenoxy) is 1. The quantitative estimate of drug-likeness (QED) is 0.626. The van der Waals surface area contributed by atoms with E-state index in [0.717, 1.165) is 9.93 Å². The number of carboxylic acids is 1. The molecule has 4 heterocycles. The molecule has 1 aromatic carbocycles. The number of hydrogen-bond acceptors (Lipinski definition) is 8. The van der Waals surface area contributed by atoms with Gasteiger partial charge in [-0.2, -0.15) is 4.80 Å². The molecule has 0 amide bonds. The summed E-state index contributed by atoms with van der Waals surface area (Å²) in [6.07, 6.45) is 2.13. The minimum atomic E-state index is -1.14. The number of nitrogens with zero attached hydrogens (tertiary/aromatic N) is 6. The minimum absolute atomic E-state index is 0.289. The fourth-order valence-electron chi connectivity index (χ4n) is 4.07. The maximum Gasteiger partial charge on any atom is 0.327 e. The van der Waals surface area contributed by atoms with Crippen molar-refractivity contribution < 1.29 is 19.0 Å². The number of carbonyl (C=O) groups is 1. The number of halogens is 2. The SMILES string of the molecule is O=C(O)Cn1nnc(-c2cnc(N3CCC4(CC3)CC(F)c3c(Cl)cccc3O4)s2)n1. The molecule has 0 saturated carbocycles. The summed E-state index contributed by atoms with van der Waals surface area (Å²) < 4.78 is 21.2. The number of benzene rings is 1. The van der Waals surface area contributed by atoms with E-state index in [1.807, 2.05) is 0 Å². The molecule has 12 heteroatoms. The first-order valence-corrected chi connectivity index (χ1v) is 10.9. The Morgan fingerprint density at radius 3 is 2.97 bits per heavy atom. The molecular formula is C19H18ClFN6O3S. The number of hydrogen-bond donors (Lipinski definition) is 1. The largest absolute Gasteiger partial charge is 0.487 e. The maximum atomic E-state index is 14.9.